The van der Waals surface area contributed by atoms with Crippen LogP contribution in [0, 0.1) is 5.92 Å². The lowest BCUT2D eigenvalue weighted by molar-refractivity contribution is -0.123. The largest absolute Gasteiger partial charge is 0.351 e. The monoisotopic (exact) mass is 346 g/mol. The van der Waals surface area contributed by atoms with Gasteiger partial charge in [-0.1, -0.05) is 62.4 Å². The first-order valence-corrected chi connectivity index (χ1v) is 9.27. The van der Waals surface area contributed by atoms with Crippen molar-refractivity contribution >= 4 is 15.9 Å². The second-order valence-corrected chi connectivity index (χ2v) is 7.57. The fourth-order valence-electron chi connectivity index (χ4n) is 2.22. The van der Waals surface area contributed by atoms with E-state index in [0.717, 1.165) is 5.56 Å². The number of hydrogen-bond donors (Lipinski definition) is 2. The van der Waals surface area contributed by atoms with E-state index in [1.54, 1.807) is 32.0 Å². The minimum atomic E-state index is -3.74. The molecule has 2 N–H and O–H groups in total. The van der Waals surface area contributed by atoms with Gasteiger partial charge in [-0.2, -0.15) is 4.72 Å². The van der Waals surface area contributed by atoms with E-state index in [4.69, 9.17) is 0 Å². The third-order valence-electron chi connectivity index (χ3n) is 3.59. The van der Waals surface area contributed by atoms with Crippen LogP contribution >= 0.6 is 0 Å². The Morgan fingerprint density at radius 1 is 0.958 bits per heavy atom. The summed E-state index contributed by atoms with van der Waals surface area (Å²) in [6.45, 7) is 3.97. The Bertz CT molecular complexity index is 759. The van der Waals surface area contributed by atoms with Gasteiger partial charge in [-0.15, -0.1) is 0 Å². The van der Waals surface area contributed by atoms with E-state index in [1.165, 1.54) is 12.1 Å². The molecule has 128 valence electrons. The van der Waals surface area contributed by atoms with E-state index in [-0.39, 0.29) is 16.7 Å². The molecule has 6 heteroatoms. The van der Waals surface area contributed by atoms with Crippen molar-refractivity contribution in [1.29, 1.82) is 0 Å². The van der Waals surface area contributed by atoms with Crippen LogP contribution < -0.4 is 10.0 Å². The first kappa shape index (κ1) is 18.2. The smallest absolute Gasteiger partial charge is 0.241 e. The van der Waals surface area contributed by atoms with E-state index in [0.29, 0.717) is 6.54 Å². The number of sulfonamides is 1. The van der Waals surface area contributed by atoms with Crippen LogP contribution in [0.4, 0.5) is 0 Å². The predicted octanol–water partition coefficient (Wildman–Crippen LogP) is 2.31. The molecule has 0 aromatic heterocycles. The van der Waals surface area contributed by atoms with E-state index in [1.807, 2.05) is 30.3 Å². The zero-order valence-electron chi connectivity index (χ0n) is 13.8. The van der Waals surface area contributed by atoms with Crippen LogP contribution in [-0.4, -0.2) is 20.4 Å². The summed E-state index contributed by atoms with van der Waals surface area (Å²) in [4.78, 5) is 12.6. The Morgan fingerprint density at radius 2 is 1.50 bits per heavy atom. The van der Waals surface area contributed by atoms with Gasteiger partial charge in [0.25, 0.3) is 0 Å². The lowest BCUT2D eigenvalue weighted by atomic mass is 10.0. The third kappa shape index (κ3) is 4.91. The third-order valence-corrected chi connectivity index (χ3v) is 5.05. The van der Waals surface area contributed by atoms with E-state index in [2.05, 4.69) is 10.0 Å². The van der Waals surface area contributed by atoms with Crippen LogP contribution in [0.3, 0.4) is 0 Å². The SMILES string of the molecule is CC(C)C(NS(=O)(=O)c1ccccc1)C(=O)NCc1ccccc1. The fraction of sp³-hybridized carbons (Fsp3) is 0.278. The molecule has 24 heavy (non-hydrogen) atoms. The molecule has 2 aromatic rings. The standard InChI is InChI=1S/C18H22N2O3S/c1-14(2)17(18(21)19-13-15-9-5-3-6-10-15)20-24(22,23)16-11-7-4-8-12-16/h3-12,14,17,20H,13H2,1-2H3,(H,19,21). The molecule has 0 spiro atoms. The van der Waals surface area contributed by atoms with Gasteiger partial charge in [0, 0.05) is 6.54 Å². The van der Waals surface area contributed by atoms with Gasteiger partial charge in [0.1, 0.15) is 6.04 Å². The van der Waals surface area contributed by atoms with Crippen LogP contribution in [0.15, 0.2) is 65.6 Å². The number of benzene rings is 2. The highest BCUT2D eigenvalue weighted by molar-refractivity contribution is 7.89. The second kappa shape index (κ2) is 8.08. The molecule has 0 saturated carbocycles. The zero-order chi connectivity index (χ0) is 17.6. The van der Waals surface area contributed by atoms with Gasteiger partial charge in [0.05, 0.1) is 4.90 Å². The first-order valence-electron chi connectivity index (χ1n) is 7.79. The molecule has 2 rings (SSSR count). The lowest BCUT2D eigenvalue weighted by Gasteiger charge is -2.21. The maximum atomic E-state index is 12.4. The molecule has 0 aliphatic carbocycles. The van der Waals surface area contributed by atoms with Crippen molar-refractivity contribution in [3.8, 4) is 0 Å². The lowest BCUT2D eigenvalue weighted by Crippen LogP contribution is -2.49. The maximum Gasteiger partial charge on any atom is 0.241 e. The molecule has 0 heterocycles. The summed E-state index contributed by atoms with van der Waals surface area (Å²) >= 11 is 0. The van der Waals surface area contributed by atoms with E-state index < -0.39 is 16.1 Å². The van der Waals surface area contributed by atoms with Crippen LogP contribution in [0.2, 0.25) is 0 Å². The number of carbonyl (C=O) groups excluding carboxylic acids is 1. The molecular weight excluding hydrogens is 324 g/mol. The summed E-state index contributed by atoms with van der Waals surface area (Å²) in [5, 5.41) is 2.79. The minimum Gasteiger partial charge on any atom is -0.351 e. The Kier molecular flexibility index (Phi) is 6.11. The normalized spacial score (nSPS) is 12.8. The van der Waals surface area contributed by atoms with Crippen LogP contribution in [0.5, 0.6) is 0 Å². The van der Waals surface area contributed by atoms with Crippen molar-refractivity contribution in [1.82, 2.24) is 10.0 Å². The Labute approximate surface area is 143 Å². The van der Waals surface area contributed by atoms with Crippen molar-refractivity contribution in [2.75, 3.05) is 0 Å². The quantitative estimate of drug-likeness (QED) is 0.808. The molecule has 0 saturated heterocycles. The zero-order valence-corrected chi connectivity index (χ0v) is 14.6. The van der Waals surface area contributed by atoms with Crippen LogP contribution in [0.25, 0.3) is 0 Å². The van der Waals surface area contributed by atoms with Crippen molar-refractivity contribution in [3.63, 3.8) is 0 Å². The van der Waals surface area contributed by atoms with Crippen molar-refractivity contribution in [2.24, 2.45) is 5.92 Å². The van der Waals surface area contributed by atoms with Gasteiger partial charge in [-0.05, 0) is 23.6 Å². The Hall–Kier alpha value is -2.18. The molecule has 0 radical (unpaired) electrons. The van der Waals surface area contributed by atoms with Gasteiger partial charge in [0.2, 0.25) is 15.9 Å². The van der Waals surface area contributed by atoms with Crippen LogP contribution in [-0.2, 0) is 21.4 Å². The second-order valence-electron chi connectivity index (χ2n) is 5.86. The van der Waals surface area contributed by atoms with Gasteiger partial charge >= 0.3 is 0 Å². The summed E-state index contributed by atoms with van der Waals surface area (Å²) in [5.41, 5.74) is 0.958. The molecule has 5 nitrogen and oxygen atoms in total. The number of rotatable bonds is 7. The summed E-state index contributed by atoms with van der Waals surface area (Å²) < 4.78 is 27.4. The maximum absolute atomic E-state index is 12.4. The molecule has 1 amide bonds. The molecule has 1 atom stereocenters. The Balaban J connectivity index is 2.07. The minimum absolute atomic E-state index is 0.145. The van der Waals surface area contributed by atoms with Gasteiger partial charge in [0.15, 0.2) is 0 Å². The highest BCUT2D eigenvalue weighted by Crippen LogP contribution is 2.11. The molecular formula is C18H22N2O3S. The molecule has 1 unspecified atom stereocenters. The van der Waals surface area contributed by atoms with Gasteiger partial charge in [-0.3, -0.25) is 4.79 Å². The molecule has 0 aliphatic heterocycles. The molecule has 2 aromatic carbocycles. The topological polar surface area (TPSA) is 75.3 Å². The Morgan fingerprint density at radius 3 is 2.04 bits per heavy atom. The van der Waals surface area contributed by atoms with Crippen molar-refractivity contribution in [2.45, 2.75) is 31.3 Å². The van der Waals surface area contributed by atoms with Crippen LogP contribution in [0.1, 0.15) is 19.4 Å². The summed E-state index contributed by atoms with van der Waals surface area (Å²) in [6, 6.07) is 16.7. The van der Waals surface area contributed by atoms with Gasteiger partial charge < -0.3 is 5.32 Å². The summed E-state index contributed by atoms with van der Waals surface area (Å²) in [6.07, 6.45) is 0. The first-order chi connectivity index (χ1) is 11.4. The summed E-state index contributed by atoms with van der Waals surface area (Å²) in [7, 11) is -3.74. The molecule has 0 aliphatic rings. The number of carbonyl (C=O) groups is 1. The highest BCUT2D eigenvalue weighted by atomic mass is 32.2. The fourth-order valence-corrected chi connectivity index (χ4v) is 3.59. The summed E-state index contributed by atoms with van der Waals surface area (Å²) in [5.74, 6) is -0.521. The highest BCUT2D eigenvalue weighted by Gasteiger charge is 2.28. The van der Waals surface area contributed by atoms with Gasteiger partial charge in [-0.25, -0.2) is 8.42 Å². The predicted molar refractivity (Wildman–Crippen MR) is 93.7 cm³/mol. The average Bonchev–Trinajstić information content (AvgIpc) is 2.59. The number of amides is 1. The molecule has 0 fully saturated rings. The van der Waals surface area contributed by atoms with E-state index in [9.17, 15) is 13.2 Å². The average molecular weight is 346 g/mol. The van der Waals surface area contributed by atoms with E-state index >= 15 is 0 Å². The van der Waals surface area contributed by atoms with Crippen molar-refractivity contribution in [3.05, 3.63) is 66.2 Å². The molecule has 0 bridgehead atoms. The number of hydrogen-bond acceptors (Lipinski definition) is 3. The number of nitrogens with one attached hydrogen (secondary N) is 2. The van der Waals surface area contributed by atoms with Crippen molar-refractivity contribution < 1.29 is 13.2 Å².